The first-order valence-electron chi connectivity index (χ1n) is 13.9. The standard InChI is InChI=1S/C38H34P2.BrH/c1-7-19-33(20-8-1)39(34-21-9-2-10-22-34,35-23-11-3-12-24-35)31-32-40(36-25-13-4-14-26-36,37-27-15-5-16-28-37)38-29-17-6-18-30-38;/h1-30H,31-32H2;1H/q+2;/p-1. The minimum Gasteiger partial charge on any atom is -1.00 e. The second-order valence-corrected chi connectivity index (χ2v) is 17.3. The van der Waals surface area contributed by atoms with Crippen LogP contribution in [0.4, 0.5) is 0 Å². The molecule has 0 unspecified atom stereocenters. The van der Waals surface area contributed by atoms with Crippen molar-refractivity contribution >= 4 is 46.4 Å². The molecule has 6 aromatic rings. The second-order valence-electron chi connectivity index (χ2n) is 10.1. The minimum atomic E-state index is -1.98. The van der Waals surface area contributed by atoms with Crippen molar-refractivity contribution in [2.45, 2.75) is 0 Å². The average Bonchev–Trinajstić information content (AvgIpc) is 3.06. The third-order valence-corrected chi connectivity index (χ3v) is 17.2. The van der Waals surface area contributed by atoms with Crippen LogP contribution in [0.3, 0.4) is 0 Å². The molecule has 0 saturated carbocycles. The van der Waals surface area contributed by atoms with Crippen molar-refractivity contribution in [3.63, 3.8) is 0 Å². The number of rotatable bonds is 9. The quantitative estimate of drug-likeness (QED) is 0.212. The summed E-state index contributed by atoms with van der Waals surface area (Å²) in [6.45, 7) is 0. The number of hydrogen-bond donors (Lipinski definition) is 0. The van der Waals surface area contributed by atoms with Crippen LogP contribution in [-0.4, -0.2) is 12.3 Å². The fourth-order valence-electron chi connectivity index (χ4n) is 6.06. The highest BCUT2D eigenvalue weighted by molar-refractivity contribution is 7.99. The Labute approximate surface area is 256 Å². The summed E-state index contributed by atoms with van der Waals surface area (Å²) in [7, 11) is -3.97. The Hall–Kier alpha value is -3.34. The molecule has 0 saturated heterocycles. The molecule has 6 rings (SSSR count). The molecule has 0 aliphatic rings. The zero-order valence-corrected chi connectivity index (χ0v) is 26.4. The summed E-state index contributed by atoms with van der Waals surface area (Å²) in [4.78, 5) is 0. The highest BCUT2D eigenvalue weighted by Crippen LogP contribution is 2.62. The molecule has 41 heavy (non-hydrogen) atoms. The first-order valence-corrected chi connectivity index (χ1v) is 17.9. The van der Waals surface area contributed by atoms with Gasteiger partial charge in [-0.05, 0) is 72.8 Å². The van der Waals surface area contributed by atoms with Crippen LogP contribution >= 0.6 is 14.5 Å². The summed E-state index contributed by atoms with van der Waals surface area (Å²) in [6, 6.07) is 67.8. The summed E-state index contributed by atoms with van der Waals surface area (Å²) in [5.41, 5.74) is 0. The van der Waals surface area contributed by atoms with Crippen LogP contribution in [0.15, 0.2) is 182 Å². The number of hydrogen-bond acceptors (Lipinski definition) is 0. The van der Waals surface area contributed by atoms with E-state index in [4.69, 9.17) is 0 Å². The molecule has 0 bridgehead atoms. The lowest BCUT2D eigenvalue weighted by atomic mass is 10.4. The fraction of sp³-hybridized carbons (Fsp3) is 0.0526. The molecule has 6 aromatic carbocycles. The van der Waals surface area contributed by atoms with Crippen LogP contribution < -0.4 is 48.8 Å². The van der Waals surface area contributed by atoms with Crippen molar-refractivity contribution in [1.82, 2.24) is 0 Å². The van der Waals surface area contributed by atoms with Crippen molar-refractivity contribution in [3.8, 4) is 0 Å². The lowest BCUT2D eigenvalue weighted by Crippen LogP contribution is -3.00. The predicted octanol–water partition coefficient (Wildman–Crippen LogP) is 3.98. The molecule has 0 atom stereocenters. The first kappa shape index (κ1) is 29.2. The summed E-state index contributed by atoms with van der Waals surface area (Å²) in [5.74, 6) is 0. The van der Waals surface area contributed by atoms with Crippen LogP contribution in [0.5, 0.6) is 0 Å². The minimum absolute atomic E-state index is 0. The van der Waals surface area contributed by atoms with E-state index in [2.05, 4.69) is 182 Å². The lowest BCUT2D eigenvalue weighted by Gasteiger charge is -2.32. The van der Waals surface area contributed by atoms with Gasteiger partial charge in [-0.3, -0.25) is 0 Å². The molecular formula is C38H34BrP2+. The van der Waals surface area contributed by atoms with Crippen molar-refractivity contribution in [1.29, 1.82) is 0 Å². The summed E-state index contributed by atoms with van der Waals surface area (Å²) >= 11 is 0. The van der Waals surface area contributed by atoms with Crippen molar-refractivity contribution in [2.75, 3.05) is 12.3 Å². The number of benzene rings is 6. The van der Waals surface area contributed by atoms with E-state index in [-0.39, 0.29) is 17.0 Å². The van der Waals surface area contributed by atoms with Gasteiger partial charge < -0.3 is 17.0 Å². The van der Waals surface area contributed by atoms with Crippen LogP contribution in [0.2, 0.25) is 0 Å². The SMILES string of the molecule is [Br-].c1ccc([P+](CC[P+](c2ccccc2)(c2ccccc2)c2ccccc2)(c2ccccc2)c2ccccc2)cc1. The van der Waals surface area contributed by atoms with E-state index >= 15 is 0 Å². The third-order valence-electron chi connectivity index (χ3n) is 7.95. The van der Waals surface area contributed by atoms with Gasteiger partial charge in [0.15, 0.2) is 0 Å². The van der Waals surface area contributed by atoms with Gasteiger partial charge in [0.2, 0.25) is 0 Å². The molecule has 0 aliphatic carbocycles. The van der Waals surface area contributed by atoms with Crippen LogP contribution in [-0.2, 0) is 0 Å². The van der Waals surface area contributed by atoms with E-state index in [1.807, 2.05) is 0 Å². The molecular weight excluding hydrogens is 598 g/mol. The van der Waals surface area contributed by atoms with E-state index in [0.717, 1.165) is 12.3 Å². The van der Waals surface area contributed by atoms with Crippen LogP contribution in [0, 0.1) is 0 Å². The van der Waals surface area contributed by atoms with Gasteiger partial charge in [0.25, 0.3) is 0 Å². The summed E-state index contributed by atoms with van der Waals surface area (Å²) in [5, 5.41) is 8.66. The van der Waals surface area contributed by atoms with Gasteiger partial charge in [-0.1, -0.05) is 109 Å². The molecule has 0 fully saturated rings. The maximum atomic E-state index is 2.36. The van der Waals surface area contributed by atoms with E-state index in [0.29, 0.717) is 0 Å². The van der Waals surface area contributed by atoms with Crippen molar-refractivity contribution in [3.05, 3.63) is 182 Å². The monoisotopic (exact) mass is 631 g/mol. The molecule has 0 amide bonds. The molecule has 0 heterocycles. The van der Waals surface area contributed by atoms with E-state index in [1.54, 1.807) is 0 Å². The normalized spacial score (nSPS) is 11.4. The summed E-state index contributed by atoms with van der Waals surface area (Å²) < 4.78 is 0. The third kappa shape index (κ3) is 5.73. The molecule has 0 aliphatic heterocycles. The van der Waals surface area contributed by atoms with Gasteiger partial charge >= 0.3 is 0 Å². The largest absolute Gasteiger partial charge is 1.00 e. The van der Waals surface area contributed by atoms with Gasteiger partial charge in [0.1, 0.15) is 58.7 Å². The number of halogens is 1. The maximum Gasteiger partial charge on any atom is 0.115 e. The molecule has 0 aromatic heterocycles. The van der Waals surface area contributed by atoms with Crippen molar-refractivity contribution in [2.24, 2.45) is 0 Å². The van der Waals surface area contributed by atoms with Crippen LogP contribution in [0.25, 0.3) is 0 Å². The molecule has 202 valence electrons. The highest BCUT2D eigenvalue weighted by Gasteiger charge is 2.52. The summed E-state index contributed by atoms with van der Waals surface area (Å²) in [6.07, 6.45) is 2.16. The predicted molar refractivity (Wildman–Crippen MR) is 180 cm³/mol. The molecule has 0 nitrogen and oxygen atoms in total. The van der Waals surface area contributed by atoms with Crippen LogP contribution in [0.1, 0.15) is 0 Å². The van der Waals surface area contributed by atoms with Gasteiger partial charge in [-0.2, -0.15) is 0 Å². The van der Waals surface area contributed by atoms with Gasteiger partial charge in [0.05, 0.1) is 0 Å². The first-order chi connectivity index (χ1) is 19.8. The van der Waals surface area contributed by atoms with E-state index in [9.17, 15) is 0 Å². The zero-order chi connectivity index (χ0) is 27.1. The Bertz CT molecular complexity index is 1290. The molecule has 0 N–H and O–H groups in total. The topological polar surface area (TPSA) is 0 Å². The molecule has 3 heteroatoms. The smallest absolute Gasteiger partial charge is 0.115 e. The van der Waals surface area contributed by atoms with Gasteiger partial charge in [0, 0.05) is 0 Å². The fourth-order valence-corrected chi connectivity index (χ4v) is 15.9. The Balaban J connectivity index is 0.00000337. The van der Waals surface area contributed by atoms with E-state index in [1.165, 1.54) is 31.8 Å². The Morgan fingerprint density at radius 2 is 0.390 bits per heavy atom. The zero-order valence-electron chi connectivity index (χ0n) is 23.0. The maximum absolute atomic E-state index is 2.36. The van der Waals surface area contributed by atoms with Gasteiger partial charge in [-0.25, -0.2) is 0 Å². The van der Waals surface area contributed by atoms with Gasteiger partial charge in [-0.15, -0.1) is 0 Å². The Kier molecular flexibility index (Phi) is 9.64. The Morgan fingerprint density at radius 1 is 0.244 bits per heavy atom. The second kappa shape index (κ2) is 13.5. The van der Waals surface area contributed by atoms with E-state index < -0.39 is 14.5 Å². The molecule has 0 spiro atoms. The molecule has 0 radical (unpaired) electrons. The Morgan fingerprint density at radius 3 is 0.537 bits per heavy atom. The lowest BCUT2D eigenvalue weighted by molar-refractivity contribution is -0.00000759. The van der Waals surface area contributed by atoms with Crippen molar-refractivity contribution < 1.29 is 17.0 Å². The highest BCUT2D eigenvalue weighted by atomic mass is 79.9. The average molecular weight is 633 g/mol.